The van der Waals surface area contributed by atoms with Crippen molar-refractivity contribution in [2.24, 2.45) is 0 Å². The number of hydrogen-bond acceptors (Lipinski definition) is 3. The van der Waals surface area contributed by atoms with Crippen molar-refractivity contribution in [2.45, 2.75) is 19.9 Å². The van der Waals surface area contributed by atoms with E-state index in [4.69, 9.17) is 5.11 Å². The van der Waals surface area contributed by atoms with Crippen molar-refractivity contribution in [2.75, 3.05) is 5.32 Å². The number of carboxylic acids is 1. The van der Waals surface area contributed by atoms with Crippen LogP contribution in [0.15, 0.2) is 36.5 Å². The Morgan fingerprint density at radius 3 is 2.75 bits per heavy atom. The lowest BCUT2D eigenvalue weighted by Crippen LogP contribution is -2.08. The number of aromatic carboxylic acids is 1. The molecule has 20 heavy (non-hydrogen) atoms. The number of benzene rings is 1. The van der Waals surface area contributed by atoms with Gasteiger partial charge in [-0.3, -0.25) is 0 Å². The van der Waals surface area contributed by atoms with E-state index in [1.165, 1.54) is 18.3 Å². The van der Waals surface area contributed by atoms with Crippen LogP contribution in [-0.2, 0) is 0 Å². The molecule has 1 aromatic carbocycles. The number of rotatable bonds is 4. The van der Waals surface area contributed by atoms with Gasteiger partial charge in [-0.25, -0.2) is 14.2 Å². The molecule has 2 N–H and O–H groups in total. The third kappa shape index (κ3) is 3.12. The third-order valence-corrected chi connectivity index (χ3v) is 3.06. The average Bonchev–Trinajstić information content (AvgIpc) is 2.42. The van der Waals surface area contributed by atoms with E-state index in [1.807, 2.05) is 13.0 Å². The van der Waals surface area contributed by atoms with Gasteiger partial charge in [0.15, 0.2) is 0 Å². The highest BCUT2D eigenvalue weighted by Crippen LogP contribution is 2.21. The molecule has 0 aliphatic carbocycles. The zero-order valence-corrected chi connectivity index (χ0v) is 11.2. The van der Waals surface area contributed by atoms with Crippen LogP contribution in [0.2, 0.25) is 0 Å². The fraction of sp³-hybridized carbons (Fsp3) is 0.200. The molecule has 0 bridgehead atoms. The van der Waals surface area contributed by atoms with Crippen LogP contribution < -0.4 is 5.32 Å². The first-order valence-corrected chi connectivity index (χ1v) is 6.19. The van der Waals surface area contributed by atoms with Crippen molar-refractivity contribution < 1.29 is 14.3 Å². The highest BCUT2D eigenvalue weighted by molar-refractivity contribution is 5.86. The van der Waals surface area contributed by atoms with Gasteiger partial charge in [-0.2, -0.15) is 0 Å². The predicted molar refractivity (Wildman–Crippen MR) is 74.4 cm³/mol. The van der Waals surface area contributed by atoms with Crippen LogP contribution in [0, 0.1) is 12.7 Å². The molecule has 2 aromatic rings. The summed E-state index contributed by atoms with van der Waals surface area (Å²) >= 11 is 0. The number of anilines is 1. The van der Waals surface area contributed by atoms with Crippen LogP contribution in [0.5, 0.6) is 0 Å². The van der Waals surface area contributed by atoms with E-state index in [-0.39, 0.29) is 17.6 Å². The van der Waals surface area contributed by atoms with Crippen molar-refractivity contribution in [3.05, 3.63) is 59.2 Å². The van der Waals surface area contributed by atoms with Gasteiger partial charge >= 0.3 is 5.97 Å². The lowest BCUT2D eigenvalue weighted by Gasteiger charge is -2.16. The van der Waals surface area contributed by atoms with Gasteiger partial charge in [0.2, 0.25) is 0 Å². The summed E-state index contributed by atoms with van der Waals surface area (Å²) in [4.78, 5) is 14.6. The Kier molecular flexibility index (Phi) is 3.98. The second-order valence-electron chi connectivity index (χ2n) is 4.61. The minimum absolute atomic E-state index is 0.0303. The summed E-state index contributed by atoms with van der Waals surface area (Å²) in [5.41, 5.74) is 1.99. The number of halogens is 1. The fourth-order valence-corrected chi connectivity index (χ4v) is 1.85. The monoisotopic (exact) mass is 274 g/mol. The first-order valence-electron chi connectivity index (χ1n) is 6.19. The molecule has 0 radical (unpaired) electrons. The average molecular weight is 274 g/mol. The maximum absolute atomic E-state index is 13.5. The molecule has 1 unspecified atom stereocenters. The number of hydrogen-bond donors (Lipinski definition) is 2. The number of aryl methyl sites for hydroxylation is 1. The summed E-state index contributed by atoms with van der Waals surface area (Å²) in [6, 6.07) is 8.02. The Morgan fingerprint density at radius 2 is 2.10 bits per heavy atom. The molecule has 0 saturated heterocycles. The van der Waals surface area contributed by atoms with Crippen LogP contribution in [-0.4, -0.2) is 16.1 Å². The van der Waals surface area contributed by atoms with Gasteiger partial charge in [0.05, 0.1) is 0 Å². The summed E-state index contributed by atoms with van der Waals surface area (Å²) < 4.78 is 13.5. The third-order valence-electron chi connectivity index (χ3n) is 3.06. The lowest BCUT2D eigenvalue weighted by molar-refractivity contribution is 0.0690. The topological polar surface area (TPSA) is 62.2 Å². The molecule has 1 atom stereocenters. The van der Waals surface area contributed by atoms with Gasteiger partial charge in [0.25, 0.3) is 0 Å². The smallest absolute Gasteiger partial charge is 0.354 e. The number of carboxylic acid groups (broad SMARTS) is 1. The number of nitrogens with zero attached hydrogens (tertiary/aromatic N) is 1. The van der Waals surface area contributed by atoms with Crippen molar-refractivity contribution in [1.82, 2.24) is 4.98 Å². The molecule has 104 valence electrons. The van der Waals surface area contributed by atoms with E-state index in [0.29, 0.717) is 11.3 Å². The molecule has 1 aromatic heterocycles. The maximum atomic E-state index is 13.5. The van der Waals surface area contributed by atoms with E-state index < -0.39 is 5.97 Å². The van der Waals surface area contributed by atoms with Gasteiger partial charge in [-0.1, -0.05) is 12.1 Å². The largest absolute Gasteiger partial charge is 0.477 e. The van der Waals surface area contributed by atoms with Gasteiger partial charge in [-0.05, 0) is 43.2 Å². The SMILES string of the molecule is Cc1ccc(C(C)Nc2ccnc(C(=O)O)c2)cc1F. The Balaban J connectivity index is 2.18. The minimum atomic E-state index is -1.08. The Labute approximate surface area is 116 Å². The molecular formula is C15H15FN2O2. The van der Waals surface area contributed by atoms with Gasteiger partial charge < -0.3 is 10.4 Å². The number of aromatic nitrogens is 1. The molecule has 2 rings (SSSR count). The van der Waals surface area contributed by atoms with E-state index >= 15 is 0 Å². The quantitative estimate of drug-likeness (QED) is 0.897. The molecular weight excluding hydrogens is 259 g/mol. The first kappa shape index (κ1) is 14.0. The minimum Gasteiger partial charge on any atom is -0.477 e. The fourth-order valence-electron chi connectivity index (χ4n) is 1.85. The van der Waals surface area contributed by atoms with E-state index in [0.717, 1.165) is 5.56 Å². The number of carbonyl (C=O) groups is 1. The van der Waals surface area contributed by atoms with E-state index in [9.17, 15) is 9.18 Å². The predicted octanol–water partition coefficient (Wildman–Crippen LogP) is 3.40. The van der Waals surface area contributed by atoms with E-state index in [1.54, 1.807) is 19.1 Å². The molecule has 0 amide bonds. The van der Waals surface area contributed by atoms with E-state index in [2.05, 4.69) is 10.3 Å². The Hall–Kier alpha value is -2.43. The summed E-state index contributed by atoms with van der Waals surface area (Å²) in [6.07, 6.45) is 1.42. The van der Waals surface area contributed by atoms with Crippen LogP contribution >= 0.6 is 0 Å². The number of pyridine rings is 1. The van der Waals surface area contributed by atoms with Crippen molar-refractivity contribution in [3.8, 4) is 0 Å². The molecule has 4 nitrogen and oxygen atoms in total. The second-order valence-corrected chi connectivity index (χ2v) is 4.61. The summed E-state index contributed by atoms with van der Waals surface area (Å²) in [5, 5.41) is 12.0. The van der Waals surface area contributed by atoms with Gasteiger partial charge in [0, 0.05) is 17.9 Å². The summed E-state index contributed by atoms with van der Waals surface area (Å²) in [6.45, 7) is 3.59. The van der Waals surface area contributed by atoms with Crippen molar-refractivity contribution >= 4 is 11.7 Å². The van der Waals surface area contributed by atoms with Crippen molar-refractivity contribution in [3.63, 3.8) is 0 Å². The standard InChI is InChI=1S/C15H15FN2O2/c1-9-3-4-11(7-13(9)16)10(2)18-12-5-6-17-14(8-12)15(19)20/h3-8,10H,1-2H3,(H,17,18)(H,19,20). The van der Waals surface area contributed by atoms with Gasteiger partial charge in [0.1, 0.15) is 11.5 Å². The molecule has 0 spiro atoms. The maximum Gasteiger partial charge on any atom is 0.354 e. The first-order chi connectivity index (χ1) is 9.47. The normalized spacial score (nSPS) is 11.9. The summed E-state index contributed by atoms with van der Waals surface area (Å²) in [7, 11) is 0. The van der Waals surface area contributed by atoms with Crippen molar-refractivity contribution in [1.29, 1.82) is 0 Å². The number of nitrogens with one attached hydrogen (secondary N) is 1. The van der Waals surface area contributed by atoms with Crippen LogP contribution in [0.4, 0.5) is 10.1 Å². The zero-order valence-electron chi connectivity index (χ0n) is 11.2. The molecule has 0 saturated carbocycles. The molecule has 0 aliphatic rings. The summed E-state index contributed by atoms with van der Waals surface area (Å²) in [5.74, 6) is -1.33. The zero-order chi connectivity index (χ0) is 14.7. The van der Waals surface area contributed by atoms with Crippen LogP contribution in [0.1, 0.15) is 34.6 Å². The highest BCUT2D eigenvalue weighted by atomic mass is 19.1. The molecule has 5 heteroatoms. The molecule has 0 fully saturated rings. The lowest BCUT2D eigenvalue weighted by atomic mass is 10.1. The molecule has 0 aliphatic heterocycles. The Morgan fingerprint density at radius 1 is 1.35 bits per heavy atom. The highest BCUT2D eigenvalue weighted by Gasteiger charge is 2.10. The van der Waals surface area contributed by atoms with Crippen LogP contribution in [0.25, 0.3) is 0 Å². The van der Waals surface area contributed by atoms with Crippen LogP contribution in [0.3, 0.4) is 0 Å². The Bertz CT molecular complexity index is 644. The molecule has 1 heterocycles. The second kappa shape index (κ2) is 5.69. The van der Waals surface area contributed by atoms with Gasteiger partial charge in [-0.15, -0.1) is 0 Å².